The molecule has 2 rings (SSSR count). The van der Waals surface area contributed by atoms with Gasteiger partial charge in [0.15, 0.2) is 0 Å². The molecule has 1 heteroatoms. The SMILES string of the molecule is C=C1CC2CN(C(C)(C)C)CC2C1. The van der Waals surface area contributed by atoms with E-state index in [-0.39, 0.29) is 0 Å². The molecule has 0 bridgehead atoms. The Morgan fingerprint density at radius 2 is 1.62 bits per heavy atom. The normalized spacial score (nSPS) is 35.5. The Morgan fingerprint density at radius 1 is 1.15 bits per heavy atom. The Bertz CT molecular complexity index is 208. The van der Waals surface area contributed by atoms with Crippen LogP contribution in [0.1, 0.15) is 33.6 Å². The lowest BCUT2D eigenvalue weighted by atomic mass is 10.0. The van der Waals surface area contributed by atoms with Crippen LogP contribution in [0.2, 0.25) is 0 Å². The maximum Gasteiger partial charge on any atom is 0.0125 e. The summed E-state index contributed by atoms with van der Waals surface area (Å²) in [5, 5.41) is 0. The molecule has 2 fully saturated rings. The van der Waals surface area contributed by atoms with Gasteiger partial charge in [0.05, 0.1) is 0 Å². The number of rotatable bonds is 0. The van der Waals surface area contributed by atoms with Gasteiger partial charge in [-0.25, -0.2) is 0 Å². The first-order valence-corrected chi connectivity index (χ1v) is 5.38. The van der Waals surface area contributed by atoms with Crippen molar-refractivity contribution in [1.29, 1.82) is 0 Å². The molecule has 0 radical (unpaired) electrons. The summed E-state index contributed by atoms with van der Waals surface area (Å²) in [7, 11) is 0. The van der Waals surface area contributed by atoms with E-state index in [9.17, 15) is 0 Å². The van der Waals surface area contributed by atoms with Crippen LogP contribution in [0, 0.1) is 11.8 Å². The summed E-state index contributed by atoms with van der Waals surface area (Å²) in [5.41, 5.74) is 1.86. The Balaban J connectivity index is 2.01. The number of allylic oxidation sites excluding steroid dienone is 1. The minimum Gasteiger partial charge on any atom is -0.298 e. The van der Waals surface area contributed by atoms with Crippen LogP contribution in [-0.4, -0.2) is 23.5 Å². The van der Waals surface area contributed by atoms with Crippen molar-refractivity contribution in [3.63, 3.8) is 0 Å². The quantitative estimate of drug-likeness (QED) is 0.517. The van der Waals surface area contributed by atoms with Crippen molar-refractivity contribution in [1.82, 2.24) is 4.90 Å². The molecule has 2 aliphatic rings. The van der Waals surface area contributed by atoms with Gasteiger partial charge in [-0.3, -0.25) is 4.90 Å². The van der Waals surface area contributed by atoms with Crippen molar-refractivity contribution in [3.05, 3.63) is 12.2 Å². The van der Waals surface area contributed by atoms with Crippen LogP contribution in [0.3, 0.4) is 0 Å². The molecule has 2 atom stereocenters. The van der Waals surface area contributed by atoms with Crippen LogP contribution in [0.4, 0.5) is 0 Å². The van der Waals surface area contributed by atoms with Gasteiger partial charge in [-0.2, -0.15) is 0 Å². The van der Waals surface area contributed by atoms with Crippen LogP contribution < -0.4 is 0 Å². The Labute approximate surface area is 81.8 Å². The lowest BCUT2D eigenvalue weighted by molar-refractivity contribution is 0.163. The molecule has 0 aromatic carbocycles. The van der Waals surface area contributed by atoms with E-state index >= 15 is 0 Å². The molecule has 0 N–H and O–H groups in total. The first-order valence-electron chi connectivity index (χ1n) is 5.38. The predicted octanol–water partition coefficient (Wildman–Crippen LogP) is 2.68. The van der Waals surface area contributed by atoms with E-state index in [2.05, 4.69) is 32.3 Å². The summed E-state index contributed by atoms with van der Waals surface area (Å²) in [4.78, 5) is 2.63. The van der Waals surface area contributed by atoms with Crippen LogP contribution in [0.5, 0.6) is 0 Å². The van der Waals surface area contributed by atoms with Crippen molar-refractivity contribution >= 4 is 0 Å². The second-order valence-electron chi connectivity index (χ2n) is 5.75. The summed E-state index contributed by atoms with van der Waals surface area (Å²) in [6, 6.07) is 0. The van der Waals surface area contributed by atoms with Crippen LogP contribution in [0.25, 0.3) is 0 Å². The molecule has 0 aromatic heterocycles. The molecule has 74 valence electrons. The highest BCUT2D eigenvalue weighted by molar-refractivity contribution is 5.10. The van der Waals surface area contributed by atoms with E-state index in [1.54, 1.807) is 0 Å². The fraction of sp³-hybridized carbons (Fsp3) is 0.833. The van der Waals surface area contributed by atoms with Gasteiger partial charge in [-0.1, -0.05) is 12.2 Å². The van der Waals surface area contributed by atoms with Gasteiger partial charge in [0.25, 0.3) is 0 Å². The molecular formula is C12H21N. The Kier molecular flexibility index (Phi) is 2.03. The second kappa shape index (κ2) is 2.84. The number of hydrogen-bond acceptors (Lipinski definition) is 1. The highest BCUT2D eigenvalue weighted by Crippen LogP contribution is 2.42. The van der Waals surface area contributed by atoms with Crippen LogP contribution >= 0.6 is 0 Å². The zero-order valence-electron chi connectivity index (χ0n) is 9.14. The lowest BCUT2D eigenvalue weighted by Crippen LogP contribution is -2.40. The lowest BCUT2D eigenvalue weighted by Gasteiger charge is -2.32. The molecule has 13 heavy (non-hydrogen) atoms. The van der Waals surface area contributed by atoms with Crippen molar-refractivity contribution in [2.45, 2.75) is 39.2 Å². The van der Waals surface area contributed by atoms with E-state index in [0.29, 0.717) is 5.54 Å². The fourth-order valence-electron chi connectivity index (χ4n) is 2.77. The molecule has 1 nitrogen and oxygen atoms in total. The number of fused-ring (bicyclic) bond motifs is 1. The number of likely N-dealkylation sites (tertiary alicyclic amines) is 1. The summed E-state index contributed by atoms with van der Waals surface area (Å²) < 4.78 is 0. The highest BCUT2D eigenvalue weighted by atomic mass is 15.2. The third-order valence-corrected chi connectivity index (χ3v) is 3.63. The maximum atomic E-state index is 4.11. The summed E-state index contributed by atoms with van der Waals surface area (Å²) in [5.74, 6) is 1.85. The molecule has 0 spiro atoms. The smallest absolute Gasteiger partial charge is 0.0125 e. The summed E-state index contributed by atoms with van der Waals surface area (Å²) in [6.07, 6.45) is 2.58. The average molecular weight is 179 g/mol. The van der Waals surface area contributed by atoms with Gasteiger partial charge < -0.3 is 0 Å². The molecule has 0 aromatic rings. The topological polar surface area (TPSA) is 3.24 Å². The zero-order valence-corrected chi connectivity index (χ0v) is 9.14. The predicted molar refractivity (Wildman–Crippen MR) is 56.7 cm³/mol. The zero-order chi connectivity index (χ0) is 9.64. The first-order chi connectivity index (χ1) is 5.97. The Hall–Kier alpha value is -0.300. The minimum atomic E-state index is 0.367. The number of hydrogen-bond donors (Lipinski definition) is 0. The molecule has 1 heterocycles. The van der Waals surface area contributed by atoms with Gasteiger partial charge in [0.1, 0.15) is 0 Å². The van der Waals surface area contributed by atoms with Gasteiger partial charge >= 0.3 is 0 Å². The molecule has 2 unspecified atom stereocenters. The van der Waals surface area contributed by atoms with Crippen molar-refractivity contribution in [2.24, 2.45) is 11.8 Å². The van der Waals surface area contributed by atoms with E-state index in [1.807, 2.05) is 0 Å². The van der Waals surface area contributed by atoms with Gasteiger partial charge in [0, 0.05) is 18.6 Å². The minimum absolute atomic E-state index is 0.367. The molecule has 1 aliphatic heterocycles. The highest BCUT2D eigenvalue weighted by Gasteiger charge is 2.40. The summed E-state index contributed by atoms with van der Waals surface area (Å²) >= 11 is 0. The maximum absolute atomic E-state index is 4.11. The fourth-order valence-corrected chi connectivity index (χ4v) is 2.77. The average Bonchev–Trinajstić information content (AvgIpc) is 2.40. The molecule has 0 amide bonds. The third-order valence-electron chi connectivity index (χ3n) is 3.63. The molecule has 1 saturated heterocycles. The van der Waals surface area contributed by atoms with Gasteiger partial charge in [-0.15, -0.1) is 0 Å². The molecule has 1 aliphatic carbocycles. The summed E-state index contributed by atoms with van der Waals surface area (Å²) in [6.45, 7) is 13.7. The molecular weight excluding hydrogens is 158 g/mol. The first kappa shape index (κ1) is 9.26. The van der Waals surface area contributed by atoms with Crippen molar-refractivity contribution in [2.75, 3.05) is 13.1 Å². The number of nitrogens with zero attached hydrogens (tertiary/aromatic N) is 1. The van der Waals surface area contributed by atoms with E-state index in [4.69, 9.17) is 0 Å². The van der Waals surface area contributed by atoms with E-state index in [1.165, 1.54) is 31.5 Å². The standard InChI is InChI=1S/C12H21N/c1-9-5-10-7-13(12(2,3)4)8-11(10)6-9/h10-11H,1,5-8H2,2-4H3. The molecule has 1 saturated carbocycles. The van der Waals surface area contributed by atoms with Crippen LogP contribution in [-0.2, 0) is 0 Å². The van der Waals surface area contributed by atoms with Gasteiger partial charge in [0.2, 0.25) is 0 Å². The van der Waals surface area contributed by atoms with Crippen LogP contribution in [0.15, 0.2) is 12.2 Å². The van der Waals surface area contributed by atoms with Crippen molar-refractivity contribution in [3.8, 4) is 0 Å². The largest absolute Gasteiger partial charge is 0.298 e. The van der Waals surface area contributed by atoms with Crippen molar-refractivity contribution < 1.29 is 0 Å². The van der Waals surface area contributed by atoms with E-state index < -0.39 is 0 Å². The Morgan fingerprint density at radius 3 is 2.00 bits per heavy atom. The second-order valence-corrected chi connectivity index (χ2v) is 5.75. The monoisotopic (exact) mass is 179 g/mol. The van der Waals surface area contributed by atoms with Gasteiger partial charge in [-0.05, 0) is 45.4 Å². The van der Waals surface area contributed by atoms with E-state index in [0.717, 1.165) is 11.8 Å². The third kappa shape index (κ3) is 1.67.